The van der Waals surface area contributed by atoms with Crippen molar-refractivity contribution < 1.29 is 8.42 Å². The Morgan fingerprint density at radius 3 is 2.29 bits per heavy atom. The van der Waals surface area contributed by atoms with Gasteiger partial charge >= 0.3 is 0 Å². The second kappa shape index (κ2) is 7.67. The Morgan fingerprint density at radius 2 is 1.53 bits per heavy atom. The van der Waals surface area contributed by atoms with Gasteiger partial charge in [-0.3, -0.25) is 8.99 Å². The molecule has 5 aromatic rings. The smallest absolute Gasteiger partial charge is 0.264 e. The highest BCUT2D eigenvalue weighted by atomic mass is 32.2. The maximum absolute atomic E-state index is 13.3. The van der Waals surface area contributed by atoms with Gasteiger partial charge in [0.05, 0.1) is 29.0 Å². The number of fused-ring (bicyclic) bond motifs is 3. The lowest BCUT2D eigenvalue weighted by Gasteiger charge is -2.27. The van der Waals surface area contributed by atoms with E-state index >= 15 is 0 Å². The zero-order chi connectivity index (χ0) is 23.3. The van der Waals surface area contributed by atoms with Crippen molar-refractivity contribution >= 4 is 15.7 Å². The summed E-state index contributed by atoms with van der Waals surface area (Å²) in [6.45, 7) is 0.338. The van der Waals surface area contributed by atoms with Gasteiger partial charge in [0, 0.05) is 18.2 Å². The van der Waals surface area contributed by atoms with Crippen LogP contribution in [-0.2, 0) is 16.6 Å². The average molecular weight is 469 g/mol. The lowest BCUT2D eigenvalue weighted by molar-refractivity contribution is 0.593. The molecule has 0 saturated heterocycles. The number of hydrogen-bond acceptors (Lipinski definition) is 5. The summed E-state index contributed by atoms with van der Waals surface area (Å²) in [7, 11) is -2.13. The summed E-state index contributed by atoms with van der Waals surface area (Å²) >= 11 is 0. The molecule has 0 atom stereocenters. The monoisotopic (exact) mass is 468 g/mol. The van der Waals surface area contributed by atoms with E-state index in [1.807, 2.05) is 83.7 Å². The number of sulfonamides is 1. The zero-order valence-electron chi connectivity index (χ0n) is 18.3. The fourth-order valence-electron chi connectivity index (χ4n) is 4.31. The van der Waals surface area contributed by atoms with E-state index in [1.54, 1.807) is 23.9 Å². The molecule has 8 nitrogen and oxygen atoms in total. The molecule has 9 heteroatoms. The predicted molar refractivity (Wildman–Crippen MR) is 129 cm³/mol. The van der Waals surface area contributed by atoms with E-state index in [9.17, 15) is 8.42 Å². The van der Waals surface area contributed by atoms with Gasteiger partial charge in [-0.1, -0.05) is 71.9 Å². The summed E-state index contributed by atoms with van der Waals surface area (Å²) in [6.07, 6.45) is 1.86. The Hall–Kier alpha value is -4.24. The molecule has 0 fully saturated rings. The summed E-state index contributed by atoms with van der Waals surface area (Å²) < 4.78 is 31.5. The Balaban J connectivity index is 1.53. The average Bonchev–Trinajstić information content (AvgIpc) is 3.49. The third kappa shape index (κ3) is 3.12. The second-order valence-corrected chi connectivity index (χ2v) is 9.97. The van der Waals surface area contributed by atoms with Crippen LogP contribution in [0.2, 0.25) is 0 Å². The number of anilines is 1. The number of aromatic nitrogens is 5. The first-order valence-electron chi connectivity index (χ1n) is 10.8. The molecular weight excluding hydrogens is 448 g/mol. The second-order valence-electron chi connectivity index (χ2n) is 8.03. The van der Waals surface area contributed by atoms with Crippen LogP contribution in [0.3, 0.4) is 0 Å². The molecule has 0 unspecified atom stereocenters. The lowest BCUT2D eigenvalue weighted by atomic mass is 10.1. The summed E-state index contributed by atoms with van der Waals surface area (Å²) in [5, 5.41) is 13.5. The van der Waals surface area contributed by atoms with Crippen LogP contribution in [-0.4, -0.2) is 40.2 Å². The molecule has 168 valence electrons. The van der Waals surface area contributed by atoms with Crippen LogP contribution in [0.4, 0.5) is 5.69 Å². The van der Waals surface area contributed by atoms with E-state index in [-0.39, 0.29) is 4.90 Å². The van der Waals surface area contributed by atoms with Crippen molar-refractivity contribution in [1.82, 2.24) is 24.8 Å². The van der Waals surface area contributed by atoms with Crippen molar-refractivity contribution in [1.29, 1.82) is 0 Å². The van der Waals surface area contributed by atoms with Crippen molar-refractivity contribution in [3.05, 3.63) is 96.8 Å². The molecule has 3 heterocycles. The number of nitrogens with zero attached hydrogens (tertiary/aromatic N) is 6. The first-order valence-corrected chi connectivity index (χ1v) is 12.2. The highest BCUT2D eigenvalue weighted by molar-refractivity contribution is 7.93. The van der Waals surface area contributed by atoms with Crippen molar-refractivity contribution in [2.75, 3.05) is 11.4 Å². The normalized spacial score (nSPS) is 14.0. The number of benzene rings is 3. The van der Waals surface area contributed by atoms with Gasteiger partial charge < -0.3 is 0 Å². The summed E-state index contributed by atoms with van der Waals surface area (Å²) in [5.41, 5.74) is 4.98. The van der Waals surface area contributed by atoms with Crippen LogP contribution in [0.1, 0.15) is 5.69 Å². The Morgan fingerprint density at radius 1 is 0.853 bits per heavy atom. The minimum absolute atomic E-state index is 0.263. The SMILES string of the molecule is CN1c2c(-c3ccccc3)nn(Cc3cn(-c4ccccc4)nn3)c2-c2ccccc2S1(=O)=O. The topological polar surface area (TPSA) is 85.9 Å². The molecule has 1 aliphatic rings. The molecule has 0 radical (unpaired) electrons. The molecule has 0 spiro atoms. The van der Waals surface area contributed by atoms with Gasteiger partial charge in [0.15, 0.2) is 0 Å². The molecule has 1 aliphatic heterocycles. The number of rotatable bonds is 4. The van der Waals surface area contributed by atoms with Crippen LogP contribution in [0, 0.1) is 0 Å². The predicted octanol–water partition coefficient (Wildman–Crippen LogP) is 3.98. The minimum Gasteiger partial charge on any atom is -0.265 e. The van der Waals surface area contributed by atoms with Crippen molar-refractivity contribution in [2.45, 2.75) is 11.4 Å². The Bertz CT molecular complexity index is 1610. The summed E-state index contributed by atoms with van der Waals surface area (Å²) in [4.78, 5) is 0.263. The summed E-state index contributed by atoms with van der Waals surface area (Å²) in [5.74, 6) is 0. The van der Waals surface area contributed by atoms with Gasteiger partial charge in [0.25, 0.3) is 10.0 Å². The Kier molecular flexibility index (Phi) is 4.59. The maximum Gasteiger partial charge on any atom is 0.264 e. The zero-order valence-corrected chi connectivity index (χ0v) is 19.1. The highest BCUT2D eigenvalue weighted by Crippen LogP contribution is 2.47. The minimum atomic E-state index is -3.71. The third-order valence-corrected chi connectivity index (χ3v) is 7.76. The molecular formula is C25H20N6O2S. The van der Waals surface area contributed by atoms with E-state index in [2.05, 4.69) is 10.3 Å². The van der Waals surface area contributed by atoms with Gasteiger partial charge in [0.2, 0.25) is 0 Å². The molecule has 0 bridgehead atoms. The Labute approximate surface area is 196 Å². The van der Waals surface area contributed by atoms with E-state index < -0.39 is 10.0 Å². The molecule has 0 saturated carbocycles. The largest absolute Gasteiger partial charge is 0.265 e. The molecule has 34 heavy (non-hydrogen) atoms. The van der Waals surface area contributed by atoms with Crippen LogP contribution < -0.4 is 4.31 Å². The van der Waals surface area contributed by atoms with Crippen molar-refractivity contribution in [2.24, 2.45) is 0 Å². The van der Waals surface area contributed by atoms with Gasteiger partial charge in [0.1, 0.15) is 17.1 Å². The van der Waals surface area contributed by atoms with Gasteiger partial charge in [-0.25, -0.2) is 13.1 Å². The molecule has 0 aliphatic carbocycles. The first kappa shape index (κ1) is 20.4. The van der Waals surface area contributed by atoms with Gasteiger partial charge in [-0.15, -0.1) is 5.10 Å². The molecule has 2 aromatic heterocycles. The maximum atomic E-state index is 13.3. The highest BCUT2D eigenvalue weighted by Gasteiger charge is 2.38. The fraction of sp³-hybridized carbons (Fsp3) is 0.0800. The number of para-hydroxylation sites is 1. The van der Waals surface area contributed by atoms with E-state index in [1.165, 1.54) is 4.31 Å². The fourth-order valence-corrected chi connectivity index (χ4v) is 5.71. The molecule has 3 aromatic carbocycles. The number of hydrogen-bond donors (Lipinski definition) is 0. The quantitative estimate of drug-likeness (QED) is 0.398. The summed E-state index contributed by atoms with van der Waals surface area (Å²) in [6, 6.07) is 26.4. The van der Waals surface area contributed by atoms with E-state index in [0.29, 0.717) is 29.2 Å². The molecule has 0 amide bonds. The van der Waals surface area contributed by atoms with Crippen molar-refractivity contribution in [3.8, 4) is 28.2 Å². The van der Waals surface area contributed by atoms with Crippen LogP contribution in [0.15, 0.2) is 96.0 Å². The van der Waals surface area contributed by atoms with Crippen LogP contribution in [0.5, 0.6) is 0 Å². The standard InChI is InChI=1S/C25H20N6O2S/c1-29-25-23(18-10-4-2-5-11-18)27-31(24(25)21-14-8-9-15-22(21)34(29,32)33)17-19-16-30(28-26-19)20-12-6-3-7-13-20/h2-16H,17H2,1H3. The molecule has 0 N–H and O–H groups in total. The van der Waals surface area contributed by atoms with Gasteiger partial charge in [-0.05, 0) is 18.2 Å². The molecule has 6 rings (SSSR count). The van der Waals surface area contributed by atoms with E-state index in [4.69, 9.17) is 5.10 Å². The van der Waals surface area contributed by atoms with Crippen LogP contribution in [0.25, 0.3) is 28.2 Å². The first-order chi connectivity index (χ1) is 16.5. The van der Waals surface area contributed by atoms with Crippen molar-refractivity contribution in [3.63, 3.8) is 0 Å². The third-order valence-electron chi connectivity index (χ3n) is 5.94. The lowest BCUT2D eigenvalue weighted by Crippen LogP contribution is -2.30. The van der Waals surface area contributed by atoms with E-state index in [0.717, 1.165) is 16.9 Å². The van der Waals surface area contributed by atoms with Crippen LogP contribution >= 0.6 is 0 Å². The van der Waals surface area contributed by atoms with Gasteiger partial charge in [-0.2, -0.15) is 5.10 Å².